The molecule has 3 heterocycles. The molecule has 8 heteroatoms. The van der Waals surface area contributed by atoms with Crippen LogP contribution in [0.4, 0.5) is 10.8 Å². The third kappa shape index (κ3) is 4.33. The molecule has 5 rings (SSSR count). The van der Waals surface area contributed by atoms with Crippen molar-refractivity contribution in [2.75, 3.05) is 30.4 Å². The molecule has 1 N–H and O–H groups in total. The molecule has 1 amide bonds. The van der Waals surface area contributed by atoms with E-state index in [0.717, 1.165) is 62.4 Å². The molecule has 0 saturated carbocycles. The third-order valence-electron chi connectivity index (χ3n) is 5.69. The molecule has 164 valence electrons. The fourth-order valence-electron chi connectivity index (χ4n) is 4.02. The van der Waals surface area contributed by atoms with Crippen LogP contribution < -0.4 is 15.0 Å². The molecule has 0 aliphatic carbocycles. The molecule has 1 fully saturated rings. The van der Waals surface area contributed by atoms with Crippen LogP contribution in [0.1, 0.15) is 17.8 Å². The van der Waals surface area contributed by atoms with E-state index < -0.39 is 0 Å². The molecular formula is C24H24N4O2S2. The van der Waals surface area contributed by atoms with Crippen LogP contribution in [0, 0.1) is 12.8 Å². The first kappa shape index (κ1) is 20.9. The number of hydrogen-bond donors (Lipinski definition) is 1. The number of nitrogens with one attached hydrogen (secondary N) is 1. The number of carbonyl (C=O) groups excluding carboxylic acids is 1. The molecule has 2 aromatic carbocycles. The third-order valence-corrected chi connectivity index (χ3v) is 7.54. The van der Waals surface area contributed by atoms with Crippen molar-refractivity contribution < 1.29 is 9.53 Å². The predicted molar refractivity (Wildman–Crippen MR) is 132 cm³/mol. The second-order valence-electron chi connectivity index (χ2n) is 7.94. The maximum Gasteiger partial charge on any atom is 0.229 e. The minimum Gasteiger partial charge on any atom is -0.497 e. The first-order chi connectivity index (χ1) is 15.6. The summed E-state index contributed by atoms with van der Waals surface area (Å²) >= 11 is 3.28. The summed E-state index contributed by atoms with van der Waals surface area (Å²) in [5.41, 5.74) is 3.73. The second kappa shape index (κ2) is 8.88. The Morgan fingerprint density at radius 3 is 2.94 bits per heavy atom. The predicted octanol–water partition coefficient (Wildman–Crippen LogP) is 5.59. The summed E-state index contributed by atoms with van der Waals surface area (Å²) in [5.74, 6) is 0.818. The fourth-order valence-corrected chi connectivity index (χ4v) is 5.67. The average molecular weight is 465 g/mol. The fraction of sp³-hybridized carbons (Fsp3) is 0.292. The molecular weight excluding hydrogens is 440 g/mol. The van der Waals surface area contributed by atoms with Crippen molar-refractivity contribution in [1.29, 1.82) is 0 Å². The quantitative estimate of drug-likeness (QED) is 0.417. The van der Waals surface area contributed by atoms with E-state index in [1.165, 1.54) is 0 Å². The van der Waals surface area contributed by atoms with Gasteiger partial charge in [0.05, 0.1) is 33.9 Å². The molecule has 1 unspecified atom stereocenters. The number of thiazole rings is 2. The molecule has 2 aromatic heterocycles. The average Bonchev–Trinajstić information content (AvgIpc) is 3.45. The summed E-state index contributed by atoms with van der Waals surface area (Å²) in [6, 6.07) is 13.8. The Balaban J connectivity index is 1.29. The number of amides is 1. The molecule has 0 radical (unpaired) electrons. The van der Waals surface area contributed by atoms with Gasteiger partial charge in [0.2, 0.25) is 5.91 Å². The lowest BCUT2D eigenvalue weighted by Crippen LogP contribution is -2.40. The summed E-state index contributed by atoms with van der Waals surface area (Å²) in [6.07, 6.45) is 1.85. The Kier molecular flexibility index (Phi) is 5.80. The summed E-state index contributed by atoms with van der Waals surface area (Å²) in [5, 5.41) is 7.16. The van der Waals surface area contributed by atoms with Crippen LogP contribution >= 0.6 is 22.7 Å². The first-order valence-electron chi connectivity index (χ1n) is 10.6. The van der Waals surface area contributed by atoms with Gasteiger partial charge in [-0.15, -0.1) is 11.3 Å². The summed E-state index contributed by atoms with van der Waals surface area (Å²) in [6.45, 7) is 3.59. The number of methoxy groups -OCH3 is 1. The maximum absolute atomic E-state index is 13.1. The highest BCUT2D eigenvalue weighted by Gasteiger charge is 2.27. The van der Waals surface area contributed by atoms with Crippen LogP contribution in [0.2, 0.25) is 0 Å². The molecule has 1 aliphatic rings. The van der Waals surface area contributed by atoms with E-state index in [9.17, 15) is 4.79 Å². The molecule has 1 atom stereocenters. The minimum absolute atomic E-state index is 0.0593. The van der Waals surface area contributed by atoms with Gasteiger partial charge in [-0.3, -0.25) is 4.79 Å². The largest absolute Gasteiger partial charge is 0.497 e. The normalized spacial score (nSPS) is 16.3. The number of rotatable bonds is 5. The number of benzene rings is 2. The zero-order valence-corrected chi connectivity index (χ0v) is 19.6. The summed E-state index contributed by atoms with van der Waals surface area (Å²) < 4.78 is 6.43. The number of aromatic nitrogens is 2. The monoisotopic (exact) mass is 464 g/mol. The number of hydrogen-bond acceptors (Lipinski definition) is 7. The summed E-state index contributed by atoms with van der Waals surface area (Å²) in [4.78, 5) is 24.6. The highest BCUT2D eigenvalue weighted by Crippen LogP contribution is 2.34. The van der Waals surface area contributed by atoms with Crippen LogP contribution in [-0.4, -0.2) is 36.1 Å². The lowest BCUT2D eigenvalue weighted by molar-refractivity contribution is -0.120. The van der Waals surface area contributed by atoms with Crippen molar-refractivity contribution in [2.45, 2.75) is 19.8 Å². The van der Waals surface area contributed by atoms with Crippen molar-refractivity contribution in [3.8, 4) is 17.0 Å². The molecule has 4 aromatic rings. The molecule has 1 saturated heterocycles. The highest BCUT2D eigenvalue weighted by molar-refractivity contribution is 7.22. The zero-order chi connectivity index (χ0) is 22.1. The minimum atomic E-state index is -0.0736. The van der Waals surface area contributed by atoms with Gasteiger partial charge in [-0.05, 0) is 50.1 Å². The Labute approximate surface area is 194 Å². The molecule has 6 nitrogen and oxygen atoms in total. The molecule has 0 spiro atoms. The van der Waals surface area contributed by atoms with Crippen molar-refractivity contribution in [3.05, 3.63) is 52.9 Å². The number of ether oxygens (including phenoxy) is 1. The van der Waals surface area contributed by atoms with Gasteiger partial charge in [0.15, 0.2) is 5.13 Å². The van der Waals surface area contributed by atoms with Gasteiger partial charge in [0.1, 0.15) is 5.75 Å². The molecule has 0 bridgehead atoms. The van der Waals surface area contributed by atoms with Crippen LogP contribution in [0.3, 0.4) is 0 Å². The lowest BCUT2D eigenvalue weighted by Gasteiger charge is -2.31. The van der Waals surface area contributed by atoms with E-state index in [1.54, 1.807) is 29.8 Å². The van der Waals surface area contributed by atoms with Crippen LogP contribution in [0.15, 0.2) is 47.8 Å². The van der Waals surface area contributed by atoms with Gasteiger partial charge < -0.3 is 15.0 Å². The second-order valence-corrected chi connectivity index (χ2v) is 10.0. The molecule has 1 aliphatic heterocycles. The topological polar surface area (TPSA) is 67.3 Å². The Hall–Kier alpha value is -2.97. The van der Waals surface area contributed by atoms with E-state index in [4.69, 9.17) is 9.72 Å². The SMILES string of the molecule is COc1ccc2nc(N3CCCC(C(=O)Nc4cccc(-c5csc(C)n5)c4)C3)sc2c1. The Morgan fingerprint density at radius 1 is 1.22 bits per heavy atom. The number of piperidine rings is 1. The van der Waals surface area contributed by atoms with Crippen LogP contribution in [0.25, 0.3) is 21.5 Å². The highest BCUT2D eigenvalue weighted by atomic mass is 32.1. The number of anilines is 2. The molecule has 32 heavy (non-hydrogen) atoms. The van der Waals surface area contributed by atoms with Crippen LogP contribution in [-0.2, 0) is 4.79 Å². The lowest BCUT2D eigenvalue weighted by atomic mass is 9.97. The van der Waals surface area contributed by atoms with Gasteiger partial charge in [-0.2, -0.15) is 0 Å². The number of carbonyl (C=O) groups is 1. The smallest absolute Gasteiger partial charge is 0.229 e. The van der Waals surface area contributed by atoms with E-state index in [0.29, 0.717) is 6.54 Å². The zero-order valence-electron chi connectivity index (χ0n) is 18.0. The standard InChI is InChI=1S/C24H24N4O2S2/c1-15-25-21(14-31-15)16-5-3-7-18(11-16)26-23(29)17-6-4-10-28(13-17)24-27-20-9-8-19(30-2)12-22(20)32-24/h3,5,7-9,11-12,14,17H,4,6,10,13H2,1-2H3,(H,26,29). The van der Waals surface area contributed by atoms with Gasteiger partial charge in [-0.25, -0.2) is 9.97 Å². The van der Waals surface area contributed by atoms with Gasteiger partial charge >= 0.3 is 0 Å². The van der Waals surface area contributed by atoms with Gasteiger partial charge in [-0.1, -0.05) is 23.5 Å². The van der Waals surface area contributed by atoms with Crippen molar-refractivity contribution in [3.63, 3.8) is 0 Å². The van der Waals surface area contributed by atoms with E-state index in [-0.39, 0.29) is 11.8 Å². The van der Waals surface area contributed by atoms with E-state index in [2.05, 4.69) is 15.2 Å². The number of aryl methyl sites for hydroxylation is 1. The van der Waals surface area contributed by atoms with E-state index >= 15 is 0 Å². The Bertz CT molecular complexity index is 1270. The number of nitrogens with zero attached hydrogens (tertiary/aromatic N) is 3. The Morgan fingerprint density at radius 2 is 2.12 bits per heavy atom. The first-order valence-corrected chi connectivity index (χ1v) is 12.3. The maximum atomic E-state index is 13.1. The van der Waals surface area contributed by atoms with Crippen molar-refractivity contribution in [2.24, 2.45) is 5.92 Å². The van der Waals surface area contributed by atoms with Crippen molar-refractivity contribution >= 4 is 49.6 Å². The van der Waals surface area contributed by atoms with E-state index in [1.807, 2.05) is 54.8 Å². The van der Waals surface area contributed by atoms with Crippen LogP contribution in [0.5, 0.6) is 5.75 Å². The summed E-state index contributed by atoms with van der Waals surface area (Å²) in [7, 11) is 1.67. The van der Waals surface area contributed by atoms with Gasteiger partial charge in [0, 0.05) is 29.7 Å². The number of fused-ring (bicyclic) bond motifs is 1. The van der Waals surface area contributed by atoms with Gasteiger partial charge in [0.25, 0.3) is 0 Å². The van der Waals surface area contributed by atoms with Crippen molar-refractivity contribution in [1.82, 2.24) is 9.97 Å².